The highest BCUT2D eigenvalue weighted by molar-refractivity contribution is 6.07. The smallest absolute Gasteiger partial charge is 0.278 e. The second kappa shape index (κ2) is 9.05. The summed E-state index contributed by atoms with van der Waals surface area (Å²) in [4.78, 5) is 35.3. The number of rotatable bonds is 7. The summed E-state index contributed by atoms with van der Waals surface area (Å²) >= 11 is 0. The van der Waals surface area contributed by atoms with Crippen LogP contribution in [-0.2, 0) is 24.3 Å². The highest BCUT2D eigenvalue weighted by atomic mass is 16.5. The molecule has 2 aromatic carbocycles. The third-order valence-corrected chi connectivity index (χ3v) is 5.83. The van der Waals surface area contributed by atoms with Crippen LogP contribution in [0.3, 0.4) is 0 Å². The van der Waals surface area contributed by atoms with Crippen molar-refractivity contribution >= 4 is 33.5 Å². The minimum absolute atomic E-state index is 0.0662. The number of hydrogen-bond acceptors (Lipinski definition) is 7. The number of methoxy groups -OCH3 is 1. The highest BCUT2D eigenvalue weighted by Gasteiger charge is 2.20. The van der Waals surface area contributed by atoms with Gasteiger partial charge in [0.25, 0.3) is 5.56 Å². The molecule has 0 saturated heterocycles. The fraction of sp³-hybridized carbons (Fsp3) is 0.240. The Hall–Kier alpha value is -4.47. The van der Waals surface area contributed by atoms with E-state index in [-0.39, 0.29) is 24.6 Å². The number of fused-ring (bicyclic) bond motifs is 3. The number of hydrogen-bond donors (Lipinski definition) is 1. The van der Waals surface area contributed by atoms with Crippen LogP contribution in [0, 0.1) is 6.92 Å². The summed E-state index contributed by atoms with van der Waals surface area (Å²) in [5, 5.41) is 7.43. The molecule has 5 rings (SSSR count). The predicted molar refractivity (Wildman–Crippen MR) is 131 cm³/mol. The molecule has 0 aliphatic carbocycles. The molecule has 0 radical (unpaired) electrons. The Morgan fingerprint density at radius 3 is 2.80 bits per heavy atom. The van der Waals surface area contributed by atoms with E-state index in [4.69, 9.17) is 9.26 Å². The van der Waals surface area contributed by atoms with Crippen molar-refractivity contribution in [3.63, 3.8) is 0 Å². The lowest BCUT2D eigenvalue weighted by atomic mass is 10.1. The number of nitrogens with one attached hydrogen (secondary N) is 1. The van der Waals surface area contributed by atoms with Crippen LogP contribution >= 0.6 is 0 Å². The lowest BCUT2D eigenvalue weighted by Gasteiger charge is -2.10. The van der Waals surface area contributed by atoms with Gasteiger partial charge in [0, 0.05) is 11.1 Å². The molecule has 1 amide bonds. The maximum atomic E-state index is 13.6. The zero-order valence-electron chi connectivity index (χ0n) is 19.6. The van der Waals surface area contributed by atoms with Gasteiger partial charge in [-0.1, -0.05) is 24.2 Å². The molecule has 0 atom stereocenters. The van der Waals surface area contributed by atoms with Crippen molar-refractivity contribution in [3.8, 4) is 5.75 Å². The molecule has 0 fully saturated rings. The monoisotopic (exact) mass is 472 g/mol. The summed E-state index contributed by atoms with van der Waals surface area (Å²) in [6.07, 6.45) is 2.31. The fourth-order valence-electron chi connectivity index (χ4n) is 4.15. The Balaban J connectivity index is 1.59. The van der Waals surface area contributed by atoms with Crippen LogP contribution in [0.5, 0.6) is 5.75 Å². The van der Waals surface area contributed by atoms with E-state index in [2.05, 4.69) is 27.4 Å². The van der Waals surface area contributed by atoms with E-state index in [1.165, 1.54) is 10.9 Å². The first-order valence-electron chi connectivity index (χ1n) is 11.2. The first-order chi connectivity index (χ1) is 17.0. The largest absolute Gasteiger partial charge is 0.497 e. The quantitative estimate of drug-likeness (QED) is 0.386. The summed E-state index contributed by atoms with van der Waals surface area (Å²) in [5.74, 6) is 1.15. The molecule has 0 unspecified atom stereocenters. The Bertz CT molecular complexity index is 1610. The van der Waals surface area contributed by atoms with Crippen molar-refractivity contribution in [2.24, 2.45) is 0 Å². The number of carbonyl (C=O) groups is 1. The Morgan fingerprint density at radius 1 is 1.20 bits per heavy atom. The Morgan fingerprint density at radius 2 is 2.06 bits per heavy atom. The number of nitrogens with zero attached hydrogens (tertiary/aromatic N) is 5. The number of benzene rings is 2. The van der Waals surface area contributed by atoms with Crippen LogP contribution in [0.4, 0.5) is 5.69 Å². The summed E-state index contributed by atoms with van der Waals surface area (Å²) in [6.45, 7) is 3.77. The fourth-order valence-corrected chi connectivity index (χ4v) is 4.15. The molecule has 5 aromatic rings. The molecule has 35 heavy (non-hydrogen) atoms. The molecule has 10 heteroatoms. The van der Waals surface area contributed by atoms with Gasteiger partial charge in [0.15, 0.2) is 5.82 Å². The van der Waals surface area contributed by atoms with E-state index in [9.17, 15) is 9.59 Å². The normalized spacial score (nSPS) is 11.3. The minimum atomic E-state index is -0.318. The highest BCUT2D eigenvalue weighted by Crippen LogP contribution is 2.29. The first kappa shape index (κ1) is 22.3. The zero-order valence-corrected chi connectivity index (χ0v) is 19.6. The molecule has 3 heterocycles. The van der Waals surface area contributed by atoms with Crippen LogP contribution in [0.2, 0.25) is 0 Å². The lowest BCUT2D eigenvalue weighted by Crippen LogP contribution is -2.25. The van der Waals surface area contributed by atoms with Crippen molar-refractivity contribution in [2.75, 3.05) is 12.4 Å². The number of amides is 1. The Labute approximate surface area is 200 Å². The van der Waals surface area contributed by atoms with E-state index in [0.717, 1.165) is 17.4 Å². The second-order valence-corrected chi connectivity index (χ2v) is 8.18. The SMILES string of the molecule is CCc1cccc(NC(=O)Cn2c3ccc(OC)cc3c3ncn(Cc4nc(C)no4)c(=O)c32)c1. The van der Waals surface area contributed by atoms with Gasteiger partial charge in [-0.3, -0.25) is 14.2 Å². The topological polar surface area (TPSA) is 117 Å². The van der Waals surface area contributed by atoms with Gasteiger partial charge in [-0.2, -0.15) is 4.98 Å². The van der Waals surface area contributed by atoms with Crippen LogP contribution in [-0.4, -0.2) is 37.3 Å². The molecule has 10 nitrogen and oxygen atoms in total. The van der Waals surface area contributed by atoms with Crippen molar-refractivity contribution in [2.45, 2.75) is 33.4 Å². The first-order valence-corrected chi connectivity index (χ1v) is 11.2. The number of ether oxygens (including phenoxy) is 1. The minimum Gasteiger partial charge on any atom is -0.497 e. The number of aryl methyl sites for hydroxylation is 2. The van der Waals surface area contributed by atoms with E-state index in [0.29, 0.717) is 39.7 Å². The second-order valence-electron chi connectivity index (χ2n) is 8.18. The molecule has 178 valence electrons. The standard InChI is InChI=1S/C25H24N6O4/c1-4-16-6-5-7-17(10-16)28-21(32)12-31-20-9-8-18(34-3)11-19(20)23-24(31)25(33)30(14-26-23)13-22-27-15(2)29-35-22/h5-11,14H,4,12-13H2,1-3H3,(H,28,32). The van der Waals surface area contributed by atoms with Gasteiger partial charge in [-0.15, -0.1) is 0 Å². The van der Waals surface area contributed by atoms with E-state index in [1.54, 1.807) is 24.7 Å². The van der Waals surface area contributed by atoms with E-state index < -0.39 is 0 Å². The molecule has 3 aromatic heterocycles. The van der Waals surface area contributed by atoms with Crippen LogP contribution in [0.15, 0.2) is 58.1 Å². The molecular weight excluding hydrogens is 448 g/mol. The van der Waals surface area contributed by atoms with Crippen LogP contribution in [0.25, 0.3) is 21.9 Å². The summed E-state index contributed by atoms with van der Waals surface area (Å²) in [7, 11) is 1.57. The van der Waals surface area contributed by atoms with Crippen LogP contribution < -0.4 is 15.6 Å². The van der Waals surface area contributed by atoms with Crippen molar-refractivity contribution in [3.05, 3.63) is 76.4 Å². The van der Waals surface area contributed by atoms with E-state index in [1.807, 2.05) is 36.4 Å². The zero-order chi connectivity index (χ0) is 24.5. The average molecular weight is 473 g/mol. The molecule has 0 bridgehead atoms. The van der Waals surface area contributed by atoms with Crippen molar-refractivity contribution in [1.82, 2.24) is 24.3 Å². The van der Waals surface area contributed by atoms with Gasteiger partial charge in [-0.25, -0.2) is 4.98 Å². The summed E-state index contributed by atoms with van der Waals surface area (Å²) < 4.78 is 13.6. The van der Waals surface area contributed by atoms with Gasteiger partial charge < -0.3 is 19.1 Å². The van der Waals surface area contributed by atoms with Gasteiger partial charge in [0.1, 0.15) is 29.9 Å². The van der Waals surface area contributed by atoms with Crippen LogP contribution in [0.1, 0.15) is 24.2 Å². The van der Waals surface area contributed by atoms with Crippen molar-refractivity contribution in [1.29, 1.82) is 0 Å². The number of anilines is 1. The molecule has 0 aliphatic heterocycles. The molecular formula is C25H24N6O4. The molecule has 0 aliphatic rings. The number of aromatic nitrogens is 5. The summed E-state index contributed by atoms with van der Waals surface area (Å²) in [6, 6.07) is 13.1. The van der Waals surface area contributed by atoms with Crippen molar-refractivity contribution < 1.29 is 14.1 Å². The van der Waals surface area contributed by atoms with Gasteiger partial charge in [0.05, 0.1) is 19.0 Å². The van der Waals surface area contributed by atoms with Gasteiger partial charge in [-0.05, 0) is 49.2 Å². The predicted octanol–water partition coefficient (Wildman–Crippen LogP) is 3.30. The maximum Gasteiger partial charge on any atom is 0.278 e. The van der Waals surface area contributed by atoms with Gasteiger partial charge >= 0.3 is 0 Å². The molecule has 0 spiro atoms. The molecule has 0 saturated carbocycles. The van der Waals surface area contributed by atoms with Gasteiger partial charge in [0.2, 0.25) is 11.8 Å². The maximum absolute atomic E-state index is 13.6. The number of carbonyl (C=O) groups excluding carboxylic acids is 1. The third-order valence-electron chi connectivity index (χ3n) is 5.83. The Kier molecular flexibility index (Phi) is 5.77. The molecule has 1 N–H and O–H groups in total. The summed E-state index contributed by atoms with van der Waals surface area (Å²) in [5.41, 5.74) is 3.01. The average Bonchev–Trinajstić information content (AvgIpc) is 3.41. The lowest BCUT2D eigenvalue weighted by molar-refractivity contribution is -0.116. The third kappa shape index (κ3) is 4.25. The van der Waals surface area contributed by atoms with E-state index >= 15 is 0 Å².